The molecule has 0 radical (unpaired) electrons. The van der Waals surface area contributed by atoms with Gasteiger partial charge in [-0.1, -0.05) is 45.2 Å². The smallest absolute Gasteiger partial charge is 0.0465 e. The highest BCUT2D eigenvalue weighted by Gasteiger charge is 2.22. The molecule has 1 aliphatic rings. The molecule has 0 aliphatic carbocycles. The van der Waals surface area contributed by atoms with Crippen molar-refractivity contribution >= 4 is 39.1 Å². The van der Waals surface area contributed by atoms with Gasteiger partial charge in [0.2, 0.25) is 0 Å². The second kappa shape index (κ2) is 5.72. The van der Waals surface area contributed by atoms with E-state index >= 15 is 0 Å². The predicted molar refractivity (Wildman–Crippen MR) is 73.6 cm³/mol. The minimum absolute atomic E-state index is 0.765. The highest BCUT2D eigenvalue weighted by Crippen LogP contribution is 2.28. The van der Waals surface area contributed by atoms with Crippen molar-refractivity contribution in [2.75, 3.05) is 18.4 Å². The zero-order valence-corrected chi connectivity index (χ0v) is 12.0. The van der Waals surface area contributed by atoms with Gasteiger partial charge in [-0.3, -0.25) is 4.90 Å². The summed E-state index contributed by atoms with van der Waals surface area (Å²) in [7, 11) is 0. The third-order valence-electron chi connectivity index (χ3n) is 3.03. The molecule has 1 heterocycles. The van der Waals surface area contributed by atoms with Gasteiger partial charge in [0.25, 0.3) is 0 Å². The maximum absolute atomic E-state index is 6.16. The summed E-state index contributed by atoms with van der Waals surface area (Å²) in [4.78, 5) is 2.42. The molecule has 0 bridgehead atoms. The number of hydrogen-bond donors (Lipinski definition) is 0. The van der Waals surface area contributed by atoms with Crippen LogP contribution in [-0.4, -0.2) is 23.3 Å². The molecule has 1 atom stereocenters. The van der Waals surface area contributed by atoms with E-state index in [0.717, 1.165) is 46.5 Å². The van der Waals surface area contributed by atoms with Crippen LogP contribution in [0.5, 0.6) is 0 Å². The lowest BCUT2D eigenvalue weighted by atomic mass is 10.2. The number of nitrogens with zero attached hydrogens (tertiary/aromatic N) is 1. The molecule has 0 N–H and O–H groups in total. The van der Waals surface area contributed by atoms with Crippen molar-refractivity contribution in [3.05, 3.63) is 33.8 Å². The number of hydrogen-bond acceptors (Lipinski definition) is 1. The van der Waals surface area contributed by atoms with Gasteiger partial charge in [0, 0.05) is 34.0 Å². The minimum Gasteiger partial charge on any atom is -0.299 e. The number of rotatable bonds is 3. The molecule has 2 rings (SSSR count). The van der Waals surface area contributed by atoms with Gasteiger partial charge in [-0.15, -0.1) is 0 Å². The first-order chi connectivity index (χ1) is 7.70. The highest BCUT2D eigenvalue weighted by atomic mass is 79.9. The average molecular weight is 323 g/mol. The molecular formula is C12H14BrCl2N. The number of halogens is 3. The van der Waals surface area contributed by atoms with Gasteiger partial charge in [-0.25, -0.2) is 0 Å². The van der Waals surface area contributed by atoms with Gasteiger partial charge in [0.1, 0.15) is 0 Å². The van der Waals surface area contributed by atoms with Gasteiger partial charge in [0.15, 0.2) is 0 Å². The first-order valence-electron chi connectivity index (χ1n) is 5.42. The van der Waals surface area contributed by atoms with Crippen LogP contribution in [0.4, 0.5) is 0 Å². The van der Waals surface area contributed by atoms with Gasteiger partial charge >= 0.3 is 0 Å². The van der Waals surface area contributed by atoms with Crippen LogP contribution in [0.25, 0.3) is 0 Å². The van der Waals surface area contributed by atoms with E-state index in [9.17, 15) is 0 Å². The van der Waals surface area contributed by atoms with Gasteiger partial charge < -0.3 is 0 Å². The maximum Gasteiger partial charge on any atom is 0.0465 e. The lowest BCUT2D eigenvalue weighted by Gasteiger charge is -2.17. The second-order valence-corrected chi connectivity index (χ2v) is 5.71. The predicted octanol–water partition coefficient (Wildman–Crippen LogP) is 4.21. The summed E-state index contributed by atoms with van der Waals surface area (Å²) in [6.07, 6.45) is 1.26. The normalized spacial score (nSPS) is 21.6. The SMILES string of the molecule is Clc1cccc(Cl)c1CN1CCC(CBr)C1. The van der Waals surface area contributed by atoms with Gasteiger partial charge in [0.05, 0.1) is 0 Å². The van der Waals surface area contributed by atoms with Crippen LogP contribution >= 0.6 is 39.1 Å². The molecule has 0 saturated carbocycles. The Morgan fingerprint density at radius 3 is 2.56 bits per heavy atom. The fourth-order valence-corrected chi connectivity index (χ4v) is 3.13. The molecule has 0 amide bonds. The van der Waals surface area contributed by atoms with E-state index in [1.807, 2.05) is 18.2 Å². The third-order valence-corrected chi connectivity index (χ3v) is 4.66. The largest absolute Gasteiger partial charge is 0.299 e. The third kappa shape index (κ3) is 2.92. The molecule has 1 unspecified atom stereocenters. The first kappa shape index (κ1) is 12.7. The number of benzene rings is 1. The number of likely N-dealkylation sites (tertiary alicyclic amines) is 1. The zero-order chi connectivity index (χ0) is 11.5. The van der Waals surface area contributed by atoms with Crippen molar-refractivity contribution in [3.8, 4) is 0 Å². The van der Waals surface area contributed by atoms with Crippen LogP contribution < -0.4 is 0 Å². The van der Waals surface area contributed by atoms with E-state index in [1.165, 1.54) is 6.42 Å². The monoisotopic (exact) mass is 321 g/mol. The molecule has 16 heavy (non-hydrogen) atoms. The van der Waals surface area contributed by atoms with Crippen LogP contribution in [-0.2, 0) is 6.54 Å². The topological polar surface area (TPSA) is 3.24 Å². The van der Waals surface area contributed by atoms with Crippen molar-refractivity contribution in [1.29, 1.82) is 0 Å². The van der Waals surface area contributed by atoms with Crippen molar-refractivity contribution in [2.45, 2.75) is 13.0 Å². The van der Waals surface area contributed by atoms with Crippen molar-refractivity contribution in [2.24, 2.45) is 5.92 Å². The summed E-state index contributed by atoms with van der Waals surface area (Å²) in [5, 5.41) is 2.63. The lowest BCUT2D eigenvalue weighted by molar-refractivity contribution is 0.321. The van der Waals surface area contributed by atoms with Crippen LogP contribution in [0.3, 0.4) is 0 Å². The molecule has 1 aromatic rings. The quantitative estimate of drug-likeness (QED) is 0.753. The molecule has 1 aromatic carbocycles. The van der Waals surface area contributed by atoms with Gasteiger partial charge in [-0.05, 0) is 31.0 Å². The average Bonchev–Trinajstić information content (AvgIpc) is 2.71. The summed E-state index contributed by atoms with van der Waals surface area (Å²) in [5.41, 5.74) is 1.06. The minimum atomic E-state index is 0.765. The summed E-state index contributed by atoms with van der Waals surface area (Å²) in [5.74, 6) is 0.765. The Labute approximate surface area is 115 Å². The second-order valence-electron chi connectivity index (χ2n) is 4.24. The Kier molecular flexibility index (Phi) is 4.54. The van der Waals surface area contributed by atoms with Crippen LogP contribution in [0, 0.1) is 5.92 Å². The molecule has 88 valence electrons. The Morgan fingerprint density at radius 2 is 2.00 bits per heavy atom. The molecule has 1 nitrogen and oxygen atoms in total. The van der Waals surface area contributed by atoms with E-state index in [4.69, 9.17) is 23.2 Å². The Bertz CT molecular complexity index is 350. The van der Waals surface area contributed by atoms with Crippen LogP contribution in [0.15, 0.2) is 18.2 Å². The van der Waals surface area contributed by atoms with Crippen molar-refractivity contribution in [3.63, 3.8) is 0 Å². The van der Waals surface area contributed by atoms with E-state index in [0.29, 0.717) is 0 Å². The van der Waals surface area contributed by atoms with Crippen molar-refractivity contribution in [1.82, 2.24) is 4.90 Å². The molecular weight excluding hydrogens is 309 g/mol. The van der Waals surface area contributed by atoms with E-state index < -0.39 is 0 Å². The Morgan fingerprint density at radius 1 is 1.31 bits per heavy atom. The molecule has 4 heteroatoms. The van der Waals surface area contributed by atoms with Crippen molar-refractivity contribution < 1.29 is 0 Å². The summed E-state index contributed by atoms with van der Waals surface area (Å²) < 4.78 is 0. The fourth-order valence-electron chi connectivity index (χ4n) is 2.09. The molecule has 1 aliphatic heterocycles. The Hall–Kier alpha value is 0.240. The zero-order valence-electron chi connectivity index (χ0n) is 8.93. The Balaban J connectivity index is 2.04. The van der Waals surface area contributed by atoms with E-state index in [-0.39, 0.29) is 0 Å². The van der Waals surface area contributed by atoms with Gasteiger partial charge in [-0.2, -0.15) is 0 Å². The lowest BCUT2D eigenvalue weighted by Crippen LogP contribution is -2.20. The van der Waals surface area contributed by atoms with E-state index in [1.54, 1.807) is 0 Å². The number of alkyl halides is 1. The standard InChI is InChI=1S/C12H14BrCl2N/c13-6-9-4-5-16(7-9)8-10-11(14)2-1-3-12(10)15/h1-3,9H,4-8H2. The first-order valence-corrected chi connectivity index (χ1v) is 7.29. The fraction of sp³-hybridized carbons (Fsp3) is 0.500. The summed E-state index contributed by atoms with van der Waals surface area (Å²) in [6, 6.07) is 5.70. The van der Waals surface area contributed by atoms with Crippen LogP contribution in [0.2, 0.25) is 10.0 Å². The molecule has 1 fully saturated rings. The van der Waals surface area contributed by atoms with Crippen LogP contribution in [0.1, 0.15) is 12.0 Å². The van der Waals surface area contributed by atoms with E-state index in [2.05, 4.69) is 20.8 Å². The maximum atomic E-state index is 6.16. The molecule has 1 saturated heterocycles. The molecule has 0 spiro atoms. The summed E-state index contributed by atoms with van der Waals surface area (Å²) >= 11 is 15.9. The highest BCUT2D eigenvalue weighted by molar-refractivity contribution is 9.09. The molecule has 0 aromatic heterocycles. The summed E-state index contributed by atoms with van der Waals surface area (Å²) in [6.45, 7) is 3.13.